The average molecular weight is 320 g/mol. The first-order chi connectivity index (χ1) is 11.8. The lowest BCUT2D eigenvalue weighted by molar-refractivity contribution is 0.319. The van der Waals surface area contributed by atoms with Crippen molar-refractivity contribution in [2.45, 2.75) is 12.8 Å². The van der Waals surface area contributed by atoms with Crippen LogP contribution in [0.25, 0.3) is 0 Å². The van der Waals surface area contributed by atoms with Crippen molar-refractivity contribution in [3.8, 4) is 0 Å². The zero-order valence-electron chi connectivity index (χ0n) is 13.1. The molecule has 24 heavy (non-hydrogen) atoms. The minimum Gasteiger partial charge on any atom is -0.410 e. The molecule has 0 unspecified atom stereocenters. The van der Waals surface area contributed by atoms with Crippen LogP contribution in [0.5, 0.6) is 0 Å². The van der Waals surface area contributed by atoms with Gasteiger partial charge in [0.05, 0.1) is 0 Å². The van der Waals surface area contributed by atoms with Gasteiger partial charge in [0.1, 0.15) is 11.5 Å². The second-order valence-electron chi connectivity index (χ2n) is 5.44. The van der Waals surface area contributed by atoms with Crippen molar-refractivity contribution >= 4 is 5.71 Å². The number of hydrogen-bond donors (Lipinski definition) is 1. The molecule has 0 aliphatic heterocycles. The van der Waals surface area contributed by atoms with E-state index < -0.39 is 0 Å². The third kappa shape index (κ3) is 3.49. The minimum atomic E-state index is -0.298. The van der Waals surface area contributed by atoms with Gasteiger partial charge in [-0.1, -0.05) is 47.6 Å². The van der Waals surface area contributed by atoms with Crippen molar-refractivity contribution in [2.24, 2.45) is 5.16 Å². The molecule has 0 amide bonds. The summed E-state index contributed by atoms with van der Waals surface area (Å²) in [4.78, 5) is 4.04. The summed E-state index contributed by atoms with van der Waals surface area (Å²) in [6.45, 7) is 0. The van der Waals surface area contributed by atoms with E-state index >= 15 is 0 Å². The Bertz CT molecular complexity index is 833. The molecule has 1 heterocycles. The molecule has 0 aliphatic carbocycles. The Balaban J connectivity index is 1.95. The highest BCUT2D eigenvalue weighted by Crippen LogP contribution is 2.20. The zero-order valence-corrected chi connectivity index (χ0v) is 13.1. The van der Waals surface area contributed by atoms with Crippen LogP contribution in [0.3, 0.4) is 0 Å². The first-order valence-corrected chi connectivity index (χ1v) is 7.73. The largest absolute Gasteiger partial charge is 0.410 e. The molecule has 0 aliphatic rings. The van der Waals surface area contributed by atoms with E-state index in [1.165, 1.54) is 6.07 Å². The first-order valence-electron chi connectivity index (χ1n) is 7.73. The van der Waals surface area contributed by atoms with Gasteiger partial charge < -0.3 is 5.21 Å². The molecule has 4 heteroatoms. The third-order valence-corrected chi connectivity index (χ3v) is 3.92. The summed E-state index contributed by atoms with van der Waals surface area (Å²) < 4.78 is 14.4. The normalized spacial score (nSPS) is 11.5. The number of aryl methyl sites for hydroxylation is 1. The smallest absolute Gasteiger partial charge is 0.127 e. The SMILES string of the molecule is ON=C(c1cccnc1)c1cccc(F)c1CCc1ccccc1. The predicted molar refractivity (Wildman–Crippen MR) is 91.9 cm³/mol. The molecular weight excluding hydrogens is 303 g/mol. The highest BCUT2D eigenvalue weighted by Gasteiger charge is 2.16. The van der Waals surface area contributed by atoms with Gasteiger partial charge in [-0.05, 0) is 42.2 Å². The van der Waals surface area contributed by atoms with E-state index in [1.807, 2.05) is 30.3 Å². The van der Waals surface area contributed by atoms with E-state index in [1.54, 1.807) is 36.7 Å². The van der Waals surface area contributed by atoms with Gasteiger partial charge in [-0.15, -0.1) is 0 Å². The van der Waals surface area contributed by atoms with Crippen LogP contribution >= 0.6 is 0 Å². The van der Waals surface area contributed by atoms with Gasteiger partial charge in [0.15, 0.2) is 0 Å². The van der Waals surface area contributed by atoms with E-state index in [0.717, 1.165) is 5.56 Å². The number of aromatic nitrogens is 1. The van der Waals surface area contributed by atoms with Gasteiger partial charge in [-0.25, -0.2) is 4.39 Å². The molecule has 0 bridgehead atoms. The molecule has 0 atom stereocenters. The molecule has 2 aromatic carbocycles. The highest BCUT2D eigenvalue weighted by atomic mass is 19.1. The number of oxime groups is 1. The second kappa shape index (κ2) is 7.51. The Morgan fingerprint density at radius 1 is 0.958 bits per heavy atom. The lowest BCUT2D eigenvalue weighted by atomic mass is 9.94. The van der Waals surface area contributed by atoms with Crippen LogP contribution in [0.15, 0.2) is 78.2 Å². The Labute approximate surface area is 140 Å². The van der Waals surface area contributed by atoms with Gasteiger partial charge in [0, 0.05) is 23.5 Å². The number of rotatable bonds is 5. The van der Waals surface area contributed by atoms with E-state index in [-0.39, 0.29) is 5.82 Å². The fourth-order valence-corrected chi connectivity index (χ4v) is 2.72. The van der Waals surface area contributed by atoms with Crippen LogP contribution in [-0.2, 0) is 12.8 Å². The van der Waals surface area contributed by atoms with Crippen molar-refractivity contribution in [3.05, 3.63) is 101 Å². The number of hydrogen-bond acceptors (Lipinski definition) is 3. The molecule has 1 aromatic heterocycles. The van der Waals surface area contributed by atoms with Crippen molar-refractivity contribution < 1.29 is 9.60 Å². The summed E-state index contributed by atoms with van der Waals surface area (Å²) in [5, 5.41) is 12.9. The van der Waals surface area contributed by atoms with Gasteiger partial charge in [-0.2, -0.15) is 0 Å². The Hall–Kier alpha value is -3.01. The quantitative estimate of drug-likeness (QED) is 0.434. The zero-order chi connectivity index (χ0) is 16.8. The van der Waals surface area contributed by atoms with Crippen LogP contribution in [0.4, 0.5) is 4.39 Å². The topological polar surface area (TPSA) is 45.5 Å². The Morgan fingerprint density at radius 2 is 1.79 bits per heavy atom. The third-order valence-electron chi connectivity index (χ3n) is 3.92. The maximum Gasteiger partial charge on any atom is 0.127 e. The van der Waals surface area contributed by atoms with Gasteiger partial charge >= 0.3 is 0 Å². The molecule has 0 saturated carbocycles. The maximum atomic E-state index is 14.4. The monoisotopic (exact) mass is 320 g/mol. The minimum absolute atomic E-state index is 0.298. The fraction of sp³-hybridized carbons (Fsp3) is 0.100. The summed E-state index contributed by atoms with van der Waals surface area (Å²) in [7, 11) is 0. The van der Waals surface area contributed by atoms with E-state index in [0.29, 0.717) is 35.2 Å². The maximum absolute atomic E-state index is 14.4. The van der Waals surface area contributed by atoms with Crippen LogP contribution in [-0.4, -0.2) is 15.9 Å². The molecule has 3 nitrogen and oxygen atoms in total. The van der Waals surface area contributed by atoms with Gasteiger partial charge in [0.2, 0.25) is 0 Å². The highest BCUT2D eigenvalue weighted by molar-refractivity contribution is 6.13. The fourth-order valence-electron chi connectivity index (χ4n) is 2.72. The summed E-state index contributed by atoms with van der Waals surface area (Å²) >= 11 is 0. The summed E-state index contributed by atoms with van der Waals surface area (Å²) in [6.07, 6.45) is 4.47. The molecule has 0 saturated heterocycles. The van der Waals surface area contributed by atoms with E-state index in [4.69, 9.17) is 0 Å². The Kier molecular flexibility index (Phi) is 4.96. The van der Waals surface area contributed by atoms with Crippen molar-refractivity contribution in [1.82, 2.24) is 4.98 Å². The number of nitrogens with zero attached hydrogens (tertiary/aromatic N) is 2. The lowest BCUT2D eigenvalue weighted by Crippen LogP contribution is -2.10. The van der Waals surface area contributed by atoms with Crippen molar-refractivity contribution in [2.75, 3.05) is 0 Å². The molecule has 1 N–H and O–H groups in total. The molecule has 120 valence electrons. The molecule has 3 aromatic rings. The lowest BCUT2D eigenvalue weighted by Gasteiger charge is -2.12. The predicted octanol–water partition coefficient (Wildman–Crippen LogP) is 4.23. The van der Waals surface area contributed by atoms with Crippen molar-refractivity contribution in [1.29, 1.82) is 0 Å². The first kappa shape index (κ1) is 15.9. The summed E-state index contributed by atoms with van der Waals surface area (Å²) in [5.41, 5.74) is 3.23. The second-order valence-corrected chi connectivity index (χ2v) is 5.44. The van der Waals surface area contributed by atoms with Crippen LogP contribution < -0.4 is 0 Å². The Morgan fingerprint density at radius 3 is 2.50 bits per heavy atom. The van der Waals surface area contributed by atoms with E-state index in [9.17, 15) is 9.60 Å². The van der Waals surface area contributed by atoms with Crippen LogP contribution in [0.2, 0.25) is 0 Å². The standard InChI is InChI=1S/C20H17FN2O/c21-19-10-4-9-18(20(23-24)16-8-5-13-22-14-16)17(19)12-11-15-6-2-1-3-7-15/h1-10,13-14,24H,11-12H2. The summed E-state index contributed by atoms with van der Waals surface area (Å²) in [6, 6.07) is 18.3. The summed E-state index contributed by atoms with van der Waals surface area (Å²) in [5.74, 6) is -0.298. The number of benzene rings is 2. The van der Waals surface area contributed by atoms with Gasteiger partial charge in [0.25, 0.3) is 0 Å². The molecule has 0 fully saturated rings. The molecule has 0 radical (unpaired) electrons. The van der Waals surface area contributed by atoms with Gasteiger partial charge in [-0.3, -0.25) is 4.98 Å². The molecular formula is C20H17FN2O. The number of pyridine rings is 1. The molecule has 0 spiro atoms. The number of halogens is 1. The van der Waals surface area contributed by atoms with Crippen molar-refractivity contribution in [3.63, 3.8) is 0 Å². The van der Waals surface area contributed by atoms with E-state index in [2.05, 4.69) is 10.1 Å². The van der Waals surface area contributed by atoms with Crippen LogP contribution in [0, 0.1) is 5.82 Å². The average Bonchev–Trinajstić information content (AvgIpc) is 2.63. The van der Waals surface area contributed by atoms with Crippen LogP contribution in [0.1, 0.15) is 22.3 Å². The molecule has 3 rings (SSSR count).